The minimum absolute atomic E-state index is 0.144. The van der Waals surface area contributed by atoms with Crippen molar-refractivity contribution in [1.29, 1.82) is 0 Å². The molecule has 0 saturated heterocycles. The molecule has 0 spiro atoms. The Kier molecular flexibility index (Phi) is 3.05. The first-order chi connectivity index (χ1) is 6.66. The predicted molar refractivity (Wildman–Crippen MR) is 52.4 cm³/mol. The zero-order valence-corrected chi connectivity index (χ0v) is 8.68. The van der Waals surface area contributed by atoms with E-state index in [1.54, 1.807) is 0 Å². The lowest BCUT2D eigenvalue weighted by molar-refractivity contribution is 0.132. The zero-order chi connectivity index (χ0) is 10.1. The fraction of sp³-hybridized carbons (Fsp3) is 1.00. The van der Waals surface area contributed by atoms with Crippen LogP contribution in [-0.4, -0.2) is 19.0 Å². The average molecular weight is 203 g/mol. The molecule has 0 aromatic heterocycles. The zero-order valence-electron chi connectivity index (χ0n) is 8.68. The molecule has 4 unspecified atom stereocenters. The van der Waals surface area contributed by atoms with Gasteiger partial charge in [0, 0.05) is 6.04 Å². The molecule has 0 aliphatic heterocycles. The number of fused-ring (bicyclic) bond motifs is 2. The highest BCUT2D eigenvalue weighted by Crippen LogP contribution is 2.49. The van der Waals surface area contributed by atoms with Crippen molar-refractivity contribution in [2.24, 2.45) is 17.8 Å². The molecule has 0 aromatic rings. The van der Waals surface area contributed by atoms with Crippen molar-refractivity contribution in [3.8, 4) is 0 Å². The molecule has 0 heterocycles. The normalized spacial score (nSPS) is 38.1. The quantitative estimate of drug-likeness (QED) is 0.740. The third kappa shape index (κ3) is 2.08. The van der Waals surface area contributed by atoms with Crippen LogP contribution < -0.4 is 5.32 Å². The van der Waals surface area contributed by atoms with Crippen molar-refractivity contribution in [3.05, 3.63) is 0 Å². The van der Waals surface area contributed by atoms with Crippen LogP contribution in [0.25, 0.3) is 0 Å². The third-order valence-electron chi connectivity index (χ3n) is 4.03. The van der Waals surface area contributed by atoms with Gasteiger partial charge in [0.1, 0.15) is 0 Å². The van der Waals surface area contributed by atoms with Crippen LogP contribution in [0.1, 0.15) is 32.6 Å². The van der Waals surface area contributed by atoms with Crippen LogP contribution in [0.2, 0.25) is 0 Å². The summed E-state index contributed by atoms with van der Waals surface area (Å²) in [6.45, 7) is 1.92. The Morgan fingerprint density at radius 2 is 2.07 bits per heavy atom. The van der Waals surface area contributed by atoms with Gasteiger partial charge in [0.15, 0.2) is 0 Å². The molecule has 2 aliphatic rings. The van der Waals surface area contributed by atoms with Gasteiger partial charge in [0.05, 0.1) is 6.54 Å². The van der Waals surface area contributed by atoms with Gasteiger partial charge in [-0.15, -0.1) is 0 Å². The Balaban J connectivity index is 1.78. The Morgan fingerprint density at radius 1 is 1.29 bits per heavy atom. The monoisotopic (exact) mass is 203 g/mol. The van der Waals surface area contributed by atoms with Crippen LogP contribution in [0.3, 0.4) is 0 Å². The van der Waals surface area contributed by atoms with Crippen LogP contribution >= 0.6 is 0 Å². The molecule has 2 saturated carbocycles. The van der Waals surface area contributed by atoms with Gasteiger partial charge in [0.2, 0.25) is 0 Å². The maximum Gasteiger partial charge on any atom is 0.250 e. The number of hydrogen-bond donors (Lipinski definition) is 1. The van der Waals surface area contributed by atoms with E-state index in [0.717, 1.165) is 11.8 Å². The lowest BCUT2D eigenvalue weighted by Gasteiger charge is -2.28. The Bertz CT molecular complexity index is 196. The van der Waals surface area contributed by atoms with E-state index in [4.69, 9.17) is 0 Å². The van der Waals surface area contributed by atoms with Crippen molar-refractivity contribution < 1.29 is 8.78 Å². The summed E-state index contributed by atoms with van der Waals surface area (Å²) in [6, 6.07) is 0.277. The Hall–Kier alpha value is -0.180. The van der Waals surface area contributed by atoms with E-state index in [-0.39, 0.29) is 12.6 Å². The molecule has 4 atom stereocenters. The molecule has 2 bridgehead atoms. The van der Waals surface area contributed by atoms with Gasteiger partial charge in [-0.25, -0.2) is 8.78 Å². The van der Waals surface area contributed by atoms with Gasteiger partial charge < -0.3 is 5.32 Å². The molecule has 1 nitrogen and oxygen atoms in total. The molecule has 0 radical (unpaired) electrons. The SMILES string of the molecule is CC(NCC(F)F)C1CC2CCC1C2. The number of alkyl halides is 2. The second kappa shape index (κ2) is 4.13. The van der Waals surface area contributed by atoms with E-state index < -0.39 is 6.43 Å². The summed E-state index contributed by atoms with van der Waals surface area (Å²) in [5, 5.41) is 2.96. The van der Waals surface area contributed by atoms with Crippen molar-refractivity contribution in [1.82, 2.24) is 5.32 Å². The minimum atomic E-state index is -2.21. The molecule has 14 heavy (non-hydrogen) atoms. The summed E-state index contributed by atoms with van der Waals surface area (Å²) in [4.78, 5) is 0. The molecule has 3 heteroatoms. The lowest BCUT2D eigenvalue weighted by Crippen LogP contribution is -2.38. The first kappa shape index (κ1) is 10.3. The minimum Gasteiger partial charge on any atom is -0.309 e. The van der Waals surface area contributed by atoms with Crippen molar-refractivity contribution in [2.75, 3.05) is 6.54 Å². The van der Waals surface area contributed by atoms with Crippen LogP contribution in [-0.2, 0) is 0 Å². The van der Waals surface area contributed by atoms with Crippen LogP contribution in [0.15, 0.2) is 0 Å². The number of halogens is 2. The molecule has 1 N–H and O–H groups in total. The topological polar surface area (TPSA) is 12.0 Å². The highest BCUT2D eigenvalue weighted by molar-refractivity contribution is 4.93. The maximum absolute atomic E-state index is 12.0. The van der Waals surface area contributed by atoms with E-state index in [1.807, 2.05) is 0 Å². The molecule has 2 fully saturated rings. The fourth-order valence-electron chi connectivity index (χ4n) is 3.33. The molecule has 82 valence electrons. The first-order valence-electron chi connectivity index (χ1n) is 5.68. The second-order valence-corrected chi connectivity index (χ2v) is 4.93. The van der Waals surface area contributed by atoms with Gasteiger partial charge in [-0.1, -0.05) is 6.42 Å². The van der Waals surface area contributed by atoms with E-state index >= 15 is 0 Å². The largest absolute Gasteiger partial charge is 0.309 e. The number of nitrogens with one attached hydrogen (secondary N) is 1. The molecule has 0 amide bonds. The van der Waals surface area contributed by atoms with Crippen molar-refractivity contribution >= 4 is 0 Å². The van der Waals surface area contributed by atoms with Crippen LogP contribution in [0.4, 0.5) is 8.78 Å². The summed E-state index contributed by atoms with van der Waals surface area (Å²) in [7, 11) is 0. The van der Waals surface area contributed by atoms with Gasteiger partial charge >= 0.3 is 0 Å². The van der Waals surface area contributed by atoms with E-state index in [0.29, 0.717) is 5.92 Å². The summed E-state index contributed by atoms with van der Waals surface area (Å²) in [5.74, 6) is 2.38. The Labute approximate surface area is 84.3 Å². The van der Waals surface area contributed by atoms with Crippen LogP contribution in [0, 0.1) is 17.8 Å². The van der Waals surface area contributed by atoms with Gasteiger partial charge in [0.25, 0.3) is 6.43 Å². The standard InChI is InChI=1S/C11H19F2N/c1-7(14-6-11(12)13)10-5-8-2-3-9(10)4-8/h7-11,14H,2-6H2,1H3. The molecular formula is C11H19F2N. The van der Waals surface area contributed by atoms with Crippen molar-refractivity contribution in [2.45, 2.75) is 45.1 Å². The fourth-order valence-corrected chi connectivity index (χ4v) is 3.33. The van der Waals surface area contributed by atoms with Gasteiger partial charge in [-0.3, -0.25) is 0 Å². The number of hydrogen-bond acceptors (Lipinski definition) is 1. The second-order valence-electron chi connectivity index (χ2n) is 4.93. The van der Waals surface area contributed by atoms with E-state index in [2.05, 4.69) is 12.2 Å². The highest BCUT2D eigenvalue weighted by Gasteiger charge is 2.41. The predicted octanol–water partition coefficient (Wildman–Crippen LogP) is 2.67. The smallest absolute Gasteiger partial charge is 0.250 e. The van der Waals surface area contributed by atoms with Crippen molar-refractivity contribution in [3.63, 3.8) is 0 Å². The number of rotatable bonds is 4. The van der Waals surface area contributed by atoms with Gasteiger partial charge in [-0.05, 0) is 43.9 Å². The molecule has 2 aliphatic carbocycles. The lowest BCUT2D eigenvalue weighted by atomic mass is 9.84. The van der Waals surface area contributed by atoms with Crippen LogP contribution in [0.5, 0.6) is 0 Å². The first-order valence-corrected chi connectivity index (χ1v) is 5.68. The van der Waals surface area contributed by atoms with Gasteiger partial charge in [-0.2, -0.15) is 0 Å². The third-order valence-corrected chi connectivity index (χ3v) is 4.03. The molecule has 0 aromatic carbocycles. The average Bonchev–Trinajstić information content (AvgIpc) is 2.74. The summed E-state index contributed by atoms with van der Waals surface area (Å²) < 4.78 is 24.0. The Morgan fingerprint density at radius 3 is 2.57 bits per heavy atom. The maximum atomic E-state index is 12.0. The highest BCUT2D eigenvalue weighted by atomic mass is 19.3. The van der Waals surface area contributed by atoms with E-state index in [9.17, 15) is 8.78 Å². The summed E-state index contributed by atoms with van der Waals surface area (Å²) in [5.41, 5.74) is 0. The summed E-state index contributed by atoms with van der Waals surface area (Å²) >= 11 is 0. The van der Waals surface area contributed by atoms with E-state index in [1.165, 1.54) is 25.7 Å². The molecular weight excluding hydrogens is 184 g/mol. The molecule has 2 rings (SSSR count). The summed E-state index contributed by atoms with van der Waals surface area (Å²) in [6.07, 6.45) is 3.11.